The van der Waals surface area contributed by atoms with Crippen LogP contribution in [-0.2, 0) is 0 Å². The number of hydrogen-bond acceptors (Lipinski definition) is 0. The van der Waals surface area contributed by atoms with Crippen LogP contribution in [0.3, 0.4) is 0 Å². The summed E-state index contributed by atoms with van der Waals surface area (Å²) in [6, 6.07) is 0. The van der Waals surface area contributed by atoms with E-state index in [-0.39, 0.29) is 0 Å². The van der Waals surface area contributed by atoms with Gasteiger partial charge < -0.3 is 0 Å². The van der Waals surface area contributed by atoms with Crippen LogP contribution < -0.4 is 0 Å². The lowest BCUT2D eigenvalue weighted by molar-refractivity contribution is 1.50. The summed E-state index contributed by atoms with van der Waals surface area (Å²) in [6.07, 6.45) is 0. The lowest BCUT2D eigenvalue weighted by Crippen LogP contribution is -1.18. The van der Waals surface area contributed by atoms with Gasteiger partial charge in [-0.15, -0.1) is 17.2 Å². The van der Waals surface area contributed by atoms with Crippen molar-refractivity contribution in [2.45, 2.75) is 13.8 Å². The first kappa shape index (κ1) is 15.9. The molecule has 0 amide bonds. The molecule has 0 aromatic carbocycles. The van der Waals surface area contributed by atoms with Gasteiger partial charge in [-0.2, -0.15) is 0 Å². The van der Waals surface area contributed by atoms with E-state index in [0.717, 1.165) is 17.2 Å². The lowest BCUT2D eigenvalue weighted by Gasteiger charge is -1.50. The summed E-state index contributed by atoms with van der Waals surface area (Å²) >= 11 is 0. The van der Waals surface area contributed by atoms with Crippen LogP contribution in [0.25, 0.3) is 0 Å². The van der Waals surface area contributed by atoms with E-state index in [1.54, 1.807) is 0 Å². The molecule has 0 fully saturated rings. The first-order valence-electron chi connectivity index (χ1n) is 3.00. The van der Waals surface area contributed by atoms with Crippen LogP contribution in [0.2, 0.25) is 0 Å². The average molecular weight is 154 g/mol. The van der Waals surface area contributed by atoms with E-state index in [9.17, 15) is 0 Å². The zero-order valence-corrected chi connectivity index (χ0v) is 9.00. The molecule has 0 heterocycles. The molecule has 0 aromatic heterocycles. The Morgan fingerprint density at radius 3 is 0.625 bits per heavy atom. The van der Waals surface area contributed by atoms with E-state index in [2.05, 4.69) is 26.7 Å². The summed E-state index contributed by atoms with van der Waals surface area (Å²) < 4.78 is 0. The van der Waals surface area contributed by atoms with Crippen molar-refractivity contribution >= 4 is 17.2 Å². The van der Waals surface area contributed by atoms with Crippen LogP contribution in [0.15, 0.2) is 0 Å². The zero-order chi connectivity index (χ0) is 7.41. The average Bonchev–Trinajstić information content (AvgIpc) is 1.75. The molecule has 0 aromatic rings. The standard InChI is InChI=1S/2C2H7P.C2H6/c2*1-3-2;1-2/h2*3H,1-2H3;1-2H3. The molecule has 2 heteroatoms. The Balaban J connectivity index is -0.0000000483. The molecule has 0 saturated heterocycles. The fourth-order valence-corrected chi connectivity index (χ4v) is 0. The molecule has 0 aliphatic rings. The second kappa shape index (κ2) is 45.2. The summed E-state index contributed by atoms with van der Waals surface area (Å²) in [5.74, 6) is 0. The van der Waals surface area contributed by atoms with Crippen molar-refractivity contribution in [3.63, 3.8) is 0 Å². The minimum atomic E-state index is 1.08. The highest BCUT2D eigenvalue weighted by Gasteiger charge is 1.33. The van der Waals surface area contributed by atoms with E-state index >= 15 is 0 Å². The Morgan fingerprint density at radius 2 is 0.625 bits per heavy atom. The van der Waals surface area contributed by atoms with Gasteiger partial charge in [-0.1, -0.05) is 13.8 Å². The first-order chi connectivity index (χ1) is 3.83. The third-order valence-corrected chi connectivity index (χ3v) is 0. The quantitative estimate of drug-likeness (QED) is 0.470. The Morgan fingerprint density at radius 1 is 0.625 bits per heavy atom. The molecule has 0 bridgehead atoms. The van der Waals surface area contributed by atoms with E-state index < -0.39 is 0 Å². The summed E-state index contributed by atoms with van der Waals surface area (Å²) in [6.45, 7) is 12.6. The molecule has 0 spiro atoms. The van der Waals surface area contributed by atoms with Gasteiger partial charge in [0.15, 0.2) is 0 Å². The maximum atomic E-state index is 2.15. The molecule has 0 aliphatic heterocycles. The highest BCUT2D eigenvalue weighted by molar-refractivity contribution is 7.36. The molecule has 8 heavy (non-hydrogen) atoms. The van der Waals surface area contributed by atoms with Gasteiger partial charge in [0.05, 0.1) is 0 Å². The molecule has 0 saturated carbocycles. The summed E-state index contributed by atoms with van der Waals surface area (Å²) in [5.41, 5.74) is 0. The molecular formula is C6H20P2. The molecule has 0 nitrogen and oxygen atoms in total. The molecule has 0 atom stereocenters. The van der Waals surface area contributed by atoms with Crippen molar-refractivity contribution < 1.29 is 0 Å². The van der Waals surface area contributed by atoms with Crippen molar-refractivity contribution in [1.82, 2.24) is 0 Å². The third-order valence-electron chi connectivity index (χ3n) is 0. The second-order valence-electron chi connectivity index (χ2n) is 1.00. The molecule has 0 unspecified atom stereocenters. The minimum Gasteiger partial charge on any atom is -0.129 e. The lowest BCUT2D eigenvalue weighted by atomic mass is 11.0. The van der Waals surface area contributed by atoms with E-state index in [1.807, 2.05) is 13.8 Å². The highest BCUT2D eigenvalue weighted by Crippen LogP contribution is 1.84. The zero-order valence-electron chi connectivity index (χ0n) is 7.00. The first-order valence-corrected chi connectivity index (χ1v) is 7.00. The maximum absolute atomic E-state index is 2.15. The molecular weight excluding hydrogens is 134 g/mol. The minimum absolute atomic E-state index is 1.08. The van der Waals surface area contributed by atoms with Crippen molar-refractivity contribution in [1.29, 1.82) is 0 Å². The molecule has 0 N–H and O–H groups in total. The van der Waals surface area contributed by atoms with Crippen LogP contribution in [0.4, 0.5) is 0 Å². The van der Waals surface area contributed by atoms with Gasteiger partial charge in [-0.3, -0.25) is 0 Å². The molecule has 0 rings (SSSR count). The van der Waals surface area contributed by atoms with Gasteiger partial charge in [0, 0.05) is 0 Å². The van der Waals surface area contributed by atoms with Gasteiger partial charge >= 0.3 is 0 Å². The fourth-order valence-electron chi connectivity index (χ4n) is 0. The van der Waals surface area contributed by atoms with E-state index in [1.165, 1.54) is 0 Å². The van der Waals surface area contributed by atoms with Crippen molar-refractivity contribution in [3.05, 3.63) is 0 Å². The Kier molecular flexibility index (Phi) is 90.1. The van der Waals surface area contributed by atoms with Crippen LogP contribution in [0.1, 0.15) is 13.8 Å². The van der Waals surface area contributed by atoms with E-state index in [0.29, 0.717) is 0 Å². The van der Waals surface area contributed by atoms with Crippen LogP contribution in [-0.4, -0.2) is 26.7 Å². The topological polar surface area (TPSA) is 0 Å². The van der Waals surface area contributed by atoms with Crippen LogP contribution >= 0.6 is 17.2 Å². The SMILES string of the molecule is CC.CPC.CPC. The van der Waals surface area contributed by atoms with Gasteiger partial charge in [-0.25, -0.2) is 0 Å². The predicted molar refractivity (Wildman–Crippen MR) is 51.7 cm³/mol. The van der Waals surface area contributed by atoms with Gasteiger partial charge in [-0.05, 0) is 26.7 Å². The maximum Gasteiger partial charge on any atom is -0.0475 e. The largest absolute Gasteiger partial charge is 0.129 e. The van der Waals surface area contributed by atoms with Crippen LogP contribution in [0, 0.1) is 0 Å². The fraction of sp³-hybridized carbons (Fsp3) is 1.00. The predicted octanol–water partition coefficient (Wildman–Crippen LogP) is 2.88. The summed E-state index contributed by atoms with van der Waals surface area (Å²) in [4.78, 5) is 0. The Hall–Kier alpha value is 0.860. The normalized spacial score (nSPS) is 5.25. The van der Waals surface area contributed by atoms with Gasteiger partial charge in [0.1, 0.15) is 0 Å². The van der Waals surface area contributed by atoms with Crippen molar-refractivity contribution in [2.24, 2.45) is 0 Å². The monoisotopic (exact) mass is 154 g/mol. The smallest absolute Gasteiger partial charge is 0.0475 e. The van der Waals surface area contributed by atoms with Crippen molar-refractivity contribution in [3.8, 4) is 0 Å². The molecule has 0 aliphatic carbocycles. The molecule has 54 valence electrons. The number of hydrogen-bond donors (Lipinski definition) is 0. The second-order valence-corrected chi connectivity index (χ2v) is 3.00. The van der Waals surface area contributed by atoms with Crippen LogP contribution in [0.5, 0.6) is 0 Å². The summed E-state index contributed by atoms with van der Waals surface area (Å²) in [5, 5.41) is 0. The van der Waals surface area contributed by atoms with Crippen molar-refractivity contribution in [2.75, 3.05) is 26.7 Å². The molecule has 0 radical (unpaired) electrons. The Labute approximate surface area is 58.4 Å². The van der Waals surface area contributed by atoms with Gasteiger partial charge in [0.25, 0.3) is 0 Å². The Bertz CT molecular complexity index is 8.49. The van der Waals surface area contributed by atoms with Gasteiger partial charge in [0.2, 0.25) is 0 Å². The van der Waals surface area contributed by atoms with E-state index in [4.69, 9.17) is 0 Å². The highest BCUT2D eigenvalue weighted by atomic mass is 31.1. The summed E-state index contributed by atoms with van der Waals surface area (Å²) in [7, 11) is 2.17. The number of rotatable bonds is 0. The third kappa shape index (κ3) is 319.